The number of ether oxygens (including phenoxy) is 1. The molecule has 12 heteroatoms. The van der Waals surface area contributed by atoms with Gasteiger partial charge in [-0.15, -0.1) is 5.10 Å². The fraction of sp³-hybridized carbons (Fsp3) is 0.296. The van der Waals surface area contributed by atoms with Gasteiger partial charge in [0.2, 0.25) is 0 Å². The number of aromatic amines is 1. The Bertz CT molecular complexity index is 1710. The number of nitrogens with one attached hydrogen (secondary N) is 2. The number of benzene rings is 1. The number of hydrogen-bond donors (Lipinski definition) is 2. The van der Waals surface area contributed by atoms with Gasteiger partial charge in [0.25, 0.3) is 5.56 Å². The Labute approximate surface area is 221 Å². The summed E-state index contributed by atoms with van der Waals surface area (Å²) in [5, 5.41) is 11.0. The van der Waals surface area contributed by atoms with Gasteiger partial charge in [-0.25, -0.2) is 28.0 Å². The van der Waals surface area contributed by atoms with Crippen LogP contribution in [0, 0.1) is 5.82 Å². The second kappa shape index (κ2) is 10.5. The summed E-state index contributed by atoms with van der Waals surface area (Å²) in [5.74, 6) is 0.168. The third-order valence-corrected chi connectivity index (χ3v) is 6.73. The maximum atomic E-state index is 14.3. The van der Waals surface area contributed by atoms with E-state index >= 15 is 0 Å². The zero-order valence-electron chi connectivity index (χ0n) is 21.2. The van der Waals surface area contributed by atoms with E-state index in [1.165, 1.54) is 33.9 Å². The number of H-pyrrole nitrogens is 1. The molecule has 200 valence electrons. The van der Waals surface area contributed by atoms with Gasteiger partial charge in [-0.3, -0.25) is 4.79 Å². The summed E-state index contributed by atoms with van der Waals surface area (Å²) in [6.07, 6.45) is 4.75. The van der Waals surface area contributed by atoms with Gasteiger partial charge >= 0.3 is 0 Å². The molecular weight excluding hydrogens is 506 g/mol. The maximum absolute atomic E-state index is 14.3. The molecule has 1 fully saturated rings. The third-order valence-electron chi connectivity index (χ3n) is 6.73. The topological polar surface area (TPSA) is 116 Å². The number of aromatic nitrogens is 7. The van der Waals surface area contributed by atoms with Crippen molar-refractivity contribution in [3.05, 3.63) is 82.2 Å². The van der Waals surface area contributed by atoms with Crippen LogP contribution >= 0.6 is 0 Å². The molecule has 4 heterocycles. The summed E-state index contributed by atoms with van der Waals surface area (Å²) >= 11 is 0. The zero-order chi connectivity index (χ0) is 26.9. The average Bonchev–Trinajstić information content (AvgIpc) is 3.54. The molecule has 2 N–H and O–H groups in total. The highest BCUT2D eigenvalue weighted by atomic mass is 19.1. The molecule has 0 spiro atoms. The highest BCUT2D eigenvalue weighted by Gasteiger charge is 2.27. The fourth-order valence-electron chi connectivity index (χ4n) is 4.59. The van der Waals surface area contributed by atoms with E-state index in [1.807, 2.05) is 12.1 Å². The second-order valence-electron chi connectivity index (χ2n) is 9.49. The lowest BCUT2D eigenvalue weighted by Crippen LogP contribution is -2.21. The van der Waals surface area contributed by atoms with E-state index < -0.39 is 12.5 Å². The molecule has 5 aromatic rings. The van der Waals surface area contributed by atoms with Gasteiger partial charge in [-0.2, -0.15) is 0 Å². The molecule has 0 aliphatic heterocycles. The lowest BCUT2D eigenvalue weighted by Gasteiger charge is -2.14. The number of alkyl halides is 1. The Morgan fingerprint density at radius 1 is 1.21 bits per heavy atom. The number of nitrogens with zero attached hydrogens (tertiary/aromatic N) is 6. The molecule has 0 radical (unpaired) electrons. The quantitative estimate of drug-likeness (QED) is 0.264. The standard InChI is InChI=1S/C27H26F2N8O2/c1-39-7-6-30-13-19-11-23-26(33-19)27(38)36(15-31-23)25-9-17(8-22(34-25)16-2-3-16)21-5-4-18(29)10-24(21)37-20(12-28)14-32-35-37/h4-5,8-11,14-16,30,33H,2-3,6-7,12-13H2,1H3. The van der Waals surface area contributed by atoms with Crippen LogP contribution in [0.2, 0.25) is 0 Å². The average molecular weight is 533 g/mol. The highest BCUT2D eigenvalue weighted by Crippen LogP contribution is 2.41. The maximum Gasteiger partial charge on any atom is 0.283 e. The number of pyridine rings is 1. The summed E-state index contributed by atoms with van der Waals surface area (Å²) in [5.41, 5.74) is 4.14. The summed E-state index contributed by atoms with van der Waals surface area (Å²) in [6.45, 7) is 0.990. The van der Waals surface area contributed by atoms with Crippen LogP contribution < -0.4 is 10.9 Å². The van der Waals surface area contributed by atoms with Gasteiger partial charge in [-0.05, 0) is 48.7 Å². The van der Waals surface area contributed by atoms with Gasteiger partial charge in [0.05, 0.1) is 29.7 Å². The first-order valence-corrected chi connectivity index (χ1v) is 12.6. The van der Waals surface area contributed by atoms with Gasteiger partial charge < -0.3 is 15.0 Å². The number of rotatable bonds is 10. The second-order valence-corrected chi connectivity index (χ2v) is 9.49. The van der Waals surface area contributed by atoms with Crippen LogP contribution in [-0.4, -0.2) is 54.8 Å². The molecule has 0 unspecified atom stereocenters. The zero-order valence-corrected chi connectivity index (χ0v) is 21.2. The van der Waals surface area contributed by atoms with Crippen molar-refractivity contribution in [3.8, 4) is 22.6 Å². The van der Waals surface area contributed by atoms with Crippen molar-refractivity contribution in [1.29, 1.82) is 0 Å². The highest BCUT2D eigenvalue weighted by molar-refractivity contribution is 5.76. The minimum absolute atomic E-state index is 0.198. The van der Waals surface area contributed by atoms with Crippen LogP contribution in [0.4, 0.5) is 8.78 Å². The van der Waals surface area contributed by atoms with Crippen molar-refractivity contribution >= 4 is 11.0 Å². The summed E-state index contributed by atoms with van der Waals surface area (Å²) in [7, 11) is 1.64. The molecule has 1 aromatic carbocycles. The first kappa shape index (κ1) is 25.0. The van der Waals surface area contributed by atoms with Crippen LogP contribution in [0.5, 0.6) is 0 Å². The lowest BCUT2D eigenvalue weighted by atomic mass is 10.0. The van der Waals surface area contributed by atoms with Crippen LogP contribution in [0.1, 0.15) is 35.8 Å². The largest absolute Gasteiger partial charge is 0.383 e. The van der Waals surface area contributed by atoms with Crippen LogP contribution in [0.25, 0.3) is 33.7 Å². The van der Waals surface area contributed by atoms with Crippen LogP contribution in [0.15, 0.2) is 53.7 Å². The predicted molar refractivity (Wildman–Crippen MR) is 140 cm³/mol. The Kier molecular flexibility index (Phi) is 6.71. The fourth-order valence-corrected chi connectivity index (χ4v) is 4.59. The molecule has 1 aliphatic carbocycles. The van der Waals surface area contributed by atoms with E-state index in [2.05, 4.69) is 25.6 Å². The molecule has 0 atom stereocenters. The first-order valence-electron chi connectivity index (χ1n) is 12.6. The molecule has 0 saturated heterocycles. The molecule has 1 aliphatic rings. The number of halogens is 2. The Hall–Kier alpha value is -4.29. The summed E-state index contributed by atoms with van der Waals surface area (Å²) in [6, 6.07) is 9.76. The van der Waals surface area contributed by atoms with Crippen molar-refractivity contribution in [2.75, 3.05) is 20.3 Å². The summed E-state index contributed by atoms with van der Waals surface area (Å²) in [4.78, 5) is 26.0. The molecule has 1 saturated carbocycles. The third kappa shape index (κ3) is 4.95. The minimum Gasteiger partial charge on any atom is -0.383 e. The van der Waals surface area contributed by atoms with E-state index in [0.717, 1.165) is 24.2 Å². The lowest BCUT2D eigenvalue weighted by molar-refractivity contribution is 0.199. The molecule has 0 bridgehead atoms. The van der Waals surface area contributed by atoms with Gasteiger partial charge in [0.1, 0.15) is 30.2 Å². The Morgan fingerprint density at radius 2 is 2.08 bits per heavy atom. The van der Waals surface area contributed by atoms with Crippen molar-refractivity contribution in [2.45, 2.75) is 32.0 Å². The first-order chi connectivity index (χ1) is 19.1. The Morgan fingerprint density at radius 3 is 2.87 bits per heavy atom. The molecule has 4 aromatic heterocycles. The normalized spacial score (nSPS) is 13.4. The Balaban J connectivity index is 1.44. The molecule has 10 nitrogen and oxygen atoms in total. The predicted octanol–water partition coefficient (Wildman–Crippen LogP) is 3.58. The minimum atomic E-state index is -0.807. The molecule has 6 rings (SSSR count). The summed E-state index contributed by atoms with van der Waals surface area (Å²) < 4.78 is 35.7. The van der Waals surface area contributed by atoms with E-state index in [-0.39, 0.29) is 17.2 Å². The van der Waals surface area contributed by atoms with Gasteiger partial charge in [-0.1, -0.05) is 5.21 Å². The van der Waals surface area contributed by atoms with Crippen LogP contribution in [0.3, 0.4) is 0 Å². The van der Waals surface area contributed by atoms with Crippen molar-refractivity contribution in [2.24, 2.45) is 0 Å². The van der Waals surface area contributed by atoms with E-state index in [1.54, 1.807) is 19.2 Å². The van der Waals surface area contributed by atoms with Crippen LogP contribution in [-0.2, 0) is 18.0 Å². The van der Waals surface area contributed by atoms with E-state index in [4.69, 9.17) is 9.72 Å². The molecule has 39 heavy (non-hydrogen) atoms. The molecule has 0 amide bonds. The smallest absolute Gasteiger partial charge is 0.283 e. The SMILES string of the molecule is COCCNCc1cc2ncn(-c3cc(-c4ccc(F)cc4-n4nncc4CF)cc(C4CC4)n3)c(=O)c2[nH]1. The van der Waals surface area contributed by atoms with Crippen molar-refractivity contribution < 1.29 is 13.5 Å². The molecular formula is C27H26F2N8O2. The van der Waals surface area contributed by atoms with Crippen molar-refractivity contribution in [3.63, 3.8) is 0 Å². The van der Waals surface area contributed by atoms with Gasteiger partial charge in [0, 0.05) is 49.1 Å². The number of methoxy groups -OCH3 is 1. The monoisotopic (exact) mass is 532 g/mol. The van der Waals surface area contributed by atoms with Crippen molar-refractivity contribution in [1.82, 2.24) is 39.8 Å². The van der Waals surface area contributed by atoms with Gasteiger partial charge in [0.15, 0.2) is 0 Å². The number of hydrogen-bond acceptors (Lipinski definition) is 7. The van der Waals surface area contributed by atoms with E-state index in [0.29, 0.717) is 53.4 Å². The number of fused-ring (bicyclic) bond motifs is 1. The van der Waals surface area contributed by atoms with E-state index in [9.17, 15) is 13.6 Å².